The highest BCUT2D eigenvalue weighted by Gasteiger charge is 2.25. The molecule has 1 N–H and O–H groups in total. The van der Waals surface area contributed by atoms with Crippen LogP contribution < -0.4 is 0 Å². The fourth-order valence-electron chi connectivity index (χ4n) is 1.49. The first kappa shape index (κ1) is 10.6. The summed E-state index contributed by atoms with van der Waals surface area (Å²) in [5, 5.41) is 6.15. The zero-order chi connectivity index (χ0) is 10.7. The third-order valence-electron chi connectivity index (χ3n) is 2.29. The lowest BCUT2D eigenvalue weighted by Gasteiger charge is -2.17. The van der Waals surface area contributed by atoms with E-state index < -0.39 is 10.0 Å². The van der Waals surface area contributed by atoms with Gasteiger partial charge < -0.3 is 4.74 Å². The number of H-pyrrole nitrogens is 1. The highest BCUT2D eigenvalue weighted by Crippen LogP contribution is 2.15. The fourth-order valence-corrected chi connectivity index (χ4v) is 2.86. The first-order valence-electron chi connectivity index (χ1n) is 4.78. The molecule has 0 spiro atoms. The van der Waals surface area contributed by atoms with Crippen molar-refractivity contribution >= 4 is 10.0 Å². The minimum atomic E-state index is -3.38. The summed E-state index contributed by atoms with van der Waals surface area (Å²) in [6, 6.07) is 0. The third-order valence-corrected chi connectivity index (χ3v) is 4.16. The van der Waals surface area contributed by atoms with Crippen molar-refractivity contribution in [2.75, 3.05) is 26.3 Å². The standard InChI is InChI=1S/C8H13N3O3S/c12-15(13,8-6-9-10-7-8)11-2-1-4-14-5-3-11/h6-7H,1-5H2,(H,9,10). The normalized spacial score (nSPS) is 20.0. The molecule has 1 fully saturated rings. The Kier molecular flexibility index (Phi) is 3.03. The van der Waals surface area contributed by atoms with Gasteiger partial charge in [0, 0.05) is 25.9 Å². The van der Waals surface area contributed by atoms with Crippen LogP contribution in [0.4, 0.5) is 0 Å². The molecule has 7 heteroatoms. The molecule has 1 aromatic rings. The molecule has 84 valence electrons. The Balaban J connectivity index is 2.21. The molecule has 0 radical (unpaired) electrons. The van der Waals surface area contributed by atoms with Gasteiger partial charge in [-0.05, 0) is 6.42 Å². The van der Waals surface area contributed by atoms with Crippen LogP contribution in [0.1, 0.15) is 6.42 Å². The number of aromatic amines is 1. The Morgan fingerprint density at radius 1 is 1.40 bits per heavy atom. The van der Waals surface area contributed by atoms with Gasteiger partial charge in [0.2, 0.25) is 10.0 Å². The molecule has 1 aliphatic rings. The van der Waals surface area contributed by atoms with Crippen molar-refractivity contribution in [3.63, 3.8) is 0 Å². The Bertz CT molecular complexity index is 393. The maximum absolute atomic E-state index is 12.0. The maximum Gasteiger partial charge on any atom is 0.246 e. The molecule has 1 saturated heterocycles. The van der Waals surface area contributed by atoms with Crippen LogP contribution in [0.3, 0.4) is 0 Å². The Morgan fingerprint density at radius 2 is 2.27 bits per heavy atom. The Morgan fingerprint density at radius 3 is 3.00 bits per heavy atom. The second-order valence-corrected chi connectivity index (χ2v) is 5.24. The summed E-state index contributed by atoms with van der Waals surface area (Å²) >= 11 is 0. The van der Waals surface area contributed by atoms with Crippen molar-refractivity contribution in [1.29, 1.82) is 0 Å². The quantitative estimate of drug-likeness (QED) is 0.766. The van der Waals surface area contributed by atoms with E-state index in [0.29, 0.717) is 26.3 Å². The highest BCUT2D eigenvalue weighted by atomic mass is 32.2. The molecule has 2 rings (SSSR count). The molecule has 1 aliphatic heterocycles. The van der Waals surface area contributed by atoms with E-state index >= 15 is 0 Å². The van der Waals surface area contributed by atoms with Crippen molar-refractivity contribution in [3.8, 4) is 0 Å². The van der Waals surface area contributed by atoms with Crippen molar-refractivity contribution in [3.05, 3.63) is 12.4 Å². The maximum atomic E-state index is 12.0. The molecule has 0 bridgehead atoms. The second-order valence-electron chi connectivity index (χ2n) is 3.30. The summed E-state index contributed by atoms with van der Waals surface area (Å²) in [4.78, 5) is 0.212. The van der Waals surface area contributed by atoms with Gasteiger partial charge in [0.05, 0.1) is 12.8 Å². The van der Waals surface area contributed by atoms with Crippen LogP contribution in [0.2, 0.25) is 0 Å². The summed E-state index contributed by atoms with van der Waals surface area (Å²) in [7, 11) is -3.38. The average molecular weight is 231 g/mol. The van der Waals surface area contributed by atoms with E-state index in [9.17, 15) is 8.42 Å². The summed E-state index contributed by atoms with van der Waals surface area (Å²) in [5.41, 5.74) is 0. The Labute approximate surface area is 88.3 Å². The molecule has 0 aromatic carbocycles. The molecule has 0 saturated carbocycles. The zero-order valence-electron chi connectivity index (χ0n) is 8.22. The van der Waals surface area contributed by atoms with Crippen LogP contribution in [0, 0.1) is 0 Å². The molecule has 15 heavy (non-hydrogen) atoms. The number of ether oxygens (including phenoxy) is 1. The van der Waals surface area contributed by atoms with Gasteiger partial charge in [-0.2, -0.15) is 9.40 Å². The van der Waals surface area contributed by atoms with Crippen molar-refractivity contribution in [2.24, 2.45) is 0 Å². The lowest BCUT2D eigenvalue weighted by atomic mass is 10.5. The van der Waals surface area contributed by atoms with Crippen LogP contribution in [0.25, 0.3) is 0 Å². The molecule has 2 heterocycles. The van der Waals surface area contributed by atoms with E-state index in [4.69, 9.17) is 4.74 Å². The van der Waals surface area contributed by atoms with Crippen molar-refractivity contribution < 1.29 is 13.2 Å². The van der Waals surface area contributed by atoms with Crippen LogP contribution in [-0.4, -0.2) is 49.2 Å². The van der Waals surface area contributed by atoms with Crippen LogP contribution in [-0.2, 0) is 14.8 Å². The molecule has 0 atom stereocenters. The monoisotopic (exact) mass is 231 g/mol. The van der Waals surface area contributed by atoms with Crippen LogP contribution in [0.5, 0.6) is 0 Å². The zero-order valence-corrected chi connectivity index (χ0v) is 9.03. The van der Waals surface area contributed by atoms with E-state index in [1.54, 1.807) is 0 Å². The van der Waals surface area contributed by atoms with E-state index in [1.807, 2.05) is 0 Å². The van der Waals surface area contributed by atoms with Crippen LogP contribution in [0.15, 0.2) is 17.3 Å². The molecular weight excluding hydrogens is 218 g/mol. The van der Waals surface area contributed by atoms with Gasteiger partial charge in [0.1, 0.15) is 4.90 Å². The number of hydrogen-bond acceptors (Lipinski definition) is 4. The molecule has 0 aliphatic carbocycles. The van der Waals surface area contributed by atoms with Crippen LogP contribution >= 0.6 is 0 Å². The first-order chi connectivity index (χ1) is 7.21. The predicted octanol–water partition coefficient (Wildman–Crippen LogP) is -0.179. The minimum Gasteiger partial charge on any atom is -0.380 e. The van der Waals surface area contributed by atoms with Gasteiger partial charge >= 0.3 is 0 Å². The van der Waals surface area contributed by atoms with E-state index in [-0.39, 0.29) is 4.90 Å². The minimum absolute atomic E-state index is 0.212. The van der Waals surface area contributed by atoms with Crippen molar-refractivity contribution in [2.45, 2.75) is 11.3 Å². The van der Waals surface area contributed by atoms with E-state index in [0.717, 1.165) is 6.42 Å². The van der Waals surface area contributed by atoms with Crippen molar-refractivity contribution in [1.82, 2.24) is 14.5 Å². The van der Waals surface area contributed by atoms with E-state index in [1.165, 1.54) is 16.7 Å². The van der Waals surface area contributed by atoms with Gasteiger partial charge in [0.25, 0.3) is 0 Å². The predicted molar refractivity (Wildman–Crippen MR) is 52.8 cm³/mol. The summed E-state index contributed by atoms with van der Waals surface area (Å²) in [6.07, 6.45) is 3.44. The number of nitrogens with one attached hydrogen (secondary N) is 1. The SMILES string of the molecule is O=S(=O)(c1cn[nH]c1)N1CCCOCC1. The van der Waals surface area contributed by atoms with E-state index in [2.05, 4.69) is 10.2 Å². The Hall–Kier alpha value is -0.920. The highest BCUT2D eigenvalue weighted by molar-refractivity contribution is 7.89. The summed E-state index contributed by atoms with van der Waals surface area (Å²) < 4.78 is 30.7. The van der Waals surface area contributed by atoms with Gasteiger partial charge in [-0.25, -0.2) is 8.42 Å². The van der Waals surface area contributed by atoms with Gasteiger partial charge in [-0.15, -0.1) is 0 Å². The number of sulfonamides is 1. The second kappa shape index (κ2) is 4.30. The third kappa shape index (κ3) is 2.19. The number of aromatic nitrogens is 2. The largest absolute Gasteiger partial charge is 0.380 e. The summed E-state index contributed by atoms with van der Waals surface area (Å²) in [6.45, 7) is 2.00. The summed E-state index contributed by atoms with van der Waals surface area (Å²) in [5.74, 6) is 0. The molecule has 0 unspecified atom stereocenters. The van der Waals surface area contributed by atoms with Gasteiger partial charge in [0.15, 0.2) is 0 Å². The molecular formula is C8H13N3O3S. The molecule has 6 nitrogen and oxygen atoms in total. The number of rotatable bonds is 2. The smallest absolute Gasteiger partial charge is 0.246 e. The van der Waals surface area contributed by atoms with Gasteiger partial charge in [-0.1, -0.05) is 0 Å². The molecule has 0 amide bonds. The lowest BCUT2D eigenvalue weighted by molar-refractivity contribution is 0.148. The fraction of sp³-hybridized carbons (Fsp3) is 0.625. The molecule has 1 aromatic heterocycles. The topological polar surface area (TPSA) is 75.3 Å². The number of nitrogens with zero attached hydrogens (tertiary/aromatic N) is 2. The number of hydrogen-bond donors (Lipinski definition) is 1. The first-order valence-corrected chi connectivity index (χ1v) is 6.22. The lowest BCUT2D eigenvalue weighted by Crippen LogP contribution is -2.33. The van der Waals surface area contributed by atoms with Gasteiger partial charge in [-0.3, -0.25) is 5.10 Å². The average Bonchev–Trinajstić information content (AvgIpc) is 2.61.